The fraction of sp³-hybridized carbons (Fsp3) is 1.00. The van der Waals surface area contributed by atoms with Crippen molar-refractivity contribution in [3.05, 3.63) is 0 Å². The van der Waals surface area contributed by atoms with Gasteiger partial charge < -0.3 is 8.95 Å². The molecular formula is C26H55NO2SSi. The molecule has 0 aliphatic carbocycles. The van der Waals surface area contributed by atoms with Crippen LogP contribution in [0.15, 0.2) is 0 Å². The Morgan fingerprint density at radius 1 is 0.774 bits per heavy atom. The van der Waals surface area contributed by atoms with Crippen LogP contribution in [0.1, 0.15) is 129 Å². The van der Waals surface area contributed by atoms with E-state index in [0.717, 1.165) is 31.4 Å². The second-order valence-corrected chi connectivity index (χ2v) is 13.7. The van der Waals surface area contributed by atoms with Crippen molar-refractivity contribution in [3.8, 4) is 0 Å². The summed E-state index contributed by atoms with van der Waals surface area (Å²) in [6.07, 6.45) is 26.6. The lowest BCUT2D eigenvalue weighted by molar-refractivity contribution is 0.0676. The van der Waals surface area contributed by atoms with Crippen LogP contribution in [-0.2, 0) is 8.95 Å². The summed E-state index contributed by atoms with van der Waals surface area (Å²) in [5, 5.41) is 0. The van der Waals surface area contributed by atoms with E-state index in [1.54, 1.807) is 0 Å². The maximum atomic E-state index is 6.16. The van der Waals surface area contributed by atoms with Crippen LogP contribution in [0.5, 0.6) is 0 Å². The first-order chi connectivity index (χ1) is 15.2. The van der Waals surface area contributed by atoms with Gasteiger partial charge in [0.05, 0.1) is 0 Å². The summed E-state index contributed by atoms with van der Waals surface area (Å²) in [4.78, 5) is 0. The zero-order valence-corrected chi connectivity index (χ0v) is 23.0. The van der Waals surface area contributed by atoms with Crippen LogP contribution in [-0.4, -0.2) is 27.5 Å². The Kier molecular flexibility index (Phi) is 20.0. The van der Waals surface area contributed by atoms with Gasteiger partial charge in [-0.1, -0.05) is 110 Å². The van der Waals surface area contributed by atoms with Crippen LogP contribution >= 0.6 is 12.6 Å². The van der Waals surface area contributed by atoms with Gasteiger partial charge in [-0.05, 0) is 43.5 Å². The molecule has 5 heteroatoms. The Bertz CT molecular complexity index is 376. The molecule has 0 aromatic carbocycles. The minimum absolute atomic E-state index is 0.704. The predicted molar refractivity (Wildman–Crippen MR) is 142 cm³/mol. The number of thiol groups is 1. The summed E-state index contributed by atoms with van der Waals surface area (Å²) >= 11 is 4.32. The highest BCUT2D eigenvalue weighted by Gasteiger charge is 2.33. The first kappa shape index (κ1) is 29.5. The van der Waals surface area contributed by atoms with Crippen LogP contribution < -0.4 is 5.48 Å². The largest absolute Gasteiger partial charge is 0.394 e. The van der Waals surface area contributed by atoms with Crippen LogP contribution in [0, 0.1) is 5.92 Å². The number of unbranched alkanes of at least 4 members (excludes halogenated alkanes) is 15. The van der Waals surface area contributed by atoms with Crippen molar-refractivity contribution in [3.63, 3.8) is 0 Å². The molecule has 0 aromatic heterocycles. The molecule has 1 N–H and O–H groups in total. The fourth-order valence-electron chi connectivity index (χ4n) is 4.64. The van der Waals surface area contributed by atoms with Crippen molar-refractivity contribution in [2.75, 3.05) is 18.9 Å². The number of hydrogen-bond acceptors (Lipinski definition) is 4. The summed E-state index contributed by atoms with van der Waals surface area (Å²) in [5.74, 6) is 1.62. The van der Waals surface area contributed by atoms with Gasteiger partial charge in [0.2, 0.25) is 0 Å². The molecule has 1 heterocycles. The molecule has 1 fully saturated rings. The lowest BCUT2D eigenvalue weighted by Gasteiger charge is -2.31. The van der Waals surface area contributed by atoms with E-state index in [1.165, 1.54) is 116 Å². The molecule has 1 aliphatic rings. The molecule has 0 saturated carbocycles. The van der Waals surface area contributed by atoms with E-state index in [2.05, 4.69) is 31.6 Å². The van der Waals surface area contributed by atoms with E-state index in [0.29, 0.717) is 5.92 Å². The average molecular weight is 474 g/mol. The number of rotatable bonds is 20. The molecule has 2 unspecified atom stereocenters. The van der Waals surface area contributed by atoms with Gasteiger partial charge in [0, 0.05) is 13.2 Å². The quantitative estimate of drug-likeness (QED) is 0.105. The van der Waals surface area contributed by atoms with Gasteiger partial charge >= 0.3 is 8.56 Å². The Hall–Kier alpha value is 0.447. The van der Waals surface area contributed by atoms with Crippen LogP contribution in [0.25, 0.3) is 0 Å². The van der Waals surface area contributed by atoms with E-state index in [9.17, 15) is 0 Å². The topological polar surface area (TPSA) is 30.5 Å². The Balaban J connectivity index is 1.84. The normalized spacial score (nSPS) is 22.4. The Morgan fingerprint density at radius 3 is 1.81 bits per heavy atom. The summed E-state index contributed by atoms with van der Waals surface area (Å²) in [6, 6.07) is 1.04. The van der Waals surface area contributed by atoms with Crippen molar-refractivity contribution in [1.82, 2.24) is 5.48 Å². The maximum absolute atomic E-state index is 6.16. The van der Waals surface area contributed by atoms with Gasteiger partial charge in [-0.3, -0.25) is 0 Å². The number of hydrogen-bond donors (Lipinski definition) is 2. The molecule has 3 nitrogen and oxygen atoms in total. The smallest absolute Gasteiger partial charge is 0.355 e. The van der Waals surface area contributed by atoms with Gasteiger partial charge in [-0.2, -0.15) is 12.6 Å². The lowest BCUT2D eigenvalue weighted by atomic mass is 9.97. The van der Waals surface area contributed by atoms with E-state index >= 15 is 0 Å². The standard InChI is InChI=1S/C26H55NO2SSi/c1-3-4-5-6-7-8-9-10-11-12-13-14-15-16-17-18-20-26-21-22-28-31(2,24-19-23-30)29-27-25-26/h26-27,30H,3-25H2,1-2H3. The molecule has 0 aromatic rings. The van der Waals surface area contributed by atoms with Gasteiger partial charge in [-0.25, -0.2) is 5.48 Å². The second kappa shape index (κ2) is 21.0. The second-order valence-electron chi connectivity index (χ2n) is 10.0. The fourth-order valence-corrected chi connectivity index (χ4v) is 7.15. The van der Waals surface area contributed by atoms with Gasteiger partial charge in [-0.15, -0.1) is 0 Å². The summed E-state index contributed by atoms with van der Waals surface area (Å²) in [7, 11) is -2.01. The summed E-state index contributed by atoms with van der Waals surface area (Å²) in [6.45, 7) is 6.34. The molecule has 31 heavy (non-hydrogen) atoms. The van der Waals surface area contributed by atoms with Crippen molar-refractivity contribution in [2.24, 2.45) is 5.92 Å². The molecule has 2 atom stereocenters. The molecule has 0 spiro atoms. The Labute approximate surface area is 201 Å². The first-order valence-corrected chi connectivity index (χ1v) is 17.0. The van der Waals surface area contributed by atoms with E-state index < -0.39 is 8.56 Å². The number of nitrogens with one attached hydrogen (secondary N) is 1. The van der Waals surface area contributed by atoms with Gasteiger partial charge in [0.1, 0.15) is 0 Å². The molecule has 186 valence electrons. The third-order valence-electron chi connectivity index (χ3n) is 6.85. The van der Waals surface area contributed by atoms with Crippen molar-refractivity contribution in [1.29, 1.82) is 0 Å². The van der Waals surface area contributed by atoms with Crippen molar-refractivity contribution < 1.29 is 8.95 Å². The summed E-state index contributed by atoms with van der Waals surface area (Å²) < 4.78 is 12.1. The predicted octanol–water partition coefficient (Wildman–Crippen LogP) is 8.59. The van der Waals surface area contributed by atoms with Crippen LogP contribution in [0.3, 0.4) is 0 Å². The first-order valence-electron chi connectivity index (χ1n) is 13.9. The van der Waals surface area contributed by atoms with Crippen LogP contribution in [0.2, 0.25) is 12.6 Å². The van der Waals surface area contributed by atoms with Gasteiger partial charge in [0.25, 0.3) is 0 Å². The minimum Gasteiger partial charge on any atom is -0.394 e. The highest BCUT2D eigenvalue weighted by atomic mass is 32.1. The SMILES string of the molecule is CCCCCCCCCCCCCCCCCCC1CCO[Si](C)(CCCS)ONC1. The van der Waals surface area contributed by atoms with E-state index in [-0.39, 0.29) is 0 Å². The van der Waals surface area contributed by atoms with Crippen molar-refractivity contribution >= 4 is 21.2 Å². The third kappa shape index (κ3) is 17.6. The average Bonchev–Trinajstić information content (AvgIpc) is 2.75. The summed E-state index contributed by atoms with van der Waals surface area (Å²) in [5.41, 5.74) is 3.25. The molecule has 0 bridgehead atoms. The lowest BCUT2D eigenvalue weighted by Crippen LogP contribution is -2.47. The molecule has 1 rings (SSSR count). The zero-order chi connectivity index (χ0) is 22.5. The van der Waals surface area contributed by atoms with E-state index in [4.69, 9.17) is 8.95 Å². The number of hydroxylamine groups is 1. The highest BCUT2D eigenvalue weighted by molar-refractivity contribution is 7.80. The molecule has 0 amide bonds. The monoisotopic (exact) mass is 473 g/mol. The minimum atomic E-state index is -2.01. The van der Waals surface area contributed by atoms with E-state index in [1.807, 2.05) is 0 Å². The van der Waals surface area contributed by atoms with Crippen molar-refractivity contribution in [2.45, 2.75) is 142 Å². The molecule has 0 radical (unpaired) electrons. The Morgan fingerprint density at radius 2 is 1.29 bits per heavy atom. The van der Waals surface area contributed by atoms with Gasteiger partial charge in [0.15, 0.2) is 0 Å². The zero-order valence-electron chi connectivity index (χ0n) is 21.1. The molecular weight excluding hydrogens is 418 g/mol. The van der Waals surface area contributed by atoms with Crippen LogP contribution in [0.4, 0.5) is 0 Å². The highest BCUT2D eigenvalue weighted by Crippen LogP contribution is 2.22. The molecule has 1 saturated heterocycles. The third-order valence-corrected chi connectivity index (χ3v) is 9.82. The maximum Gasteiger partial charge on any atom is 0.355 e. The molecule has 1 aliphatic heterocycles.